The molecule has 1 amide bonds. The quantitative estimate of drug-likeness (QED) is 0.766. The van der Waals surface area contributed by atoms with E-state index < -0.39 is 0 Å². The molecule has 1 aliphatic carbocycles. The Labute approximate surface area is 122 Å². The first kappa shape index (κ1) is 14.7. The van der Waals surface area contributed by atoms with Gasteiger partial charge in [-0.15, -0.1) is 6.42 Å². The molecule has 1 saturated carbocycles. The predicted octanol–water partition coefficient (Wildman–Crippen LogP) is 3.47. The van der Waals surface area contributed by atoms with Crippen molar-refractivity contribution in [2.75, 3.05) is 13.1 Å². The molecule has 1 aliphatic rings. The Bertz CT molecular complexity index is 512. The minimum Gasteiger partial charge on any atom is -0.327 e. The Hall–Kier alpha value is -1.75. The number of rotatable bonds is 4. The fourth-order valence-corrected chi connectivity index (χ4v) is 2.24. The fourth-order valence-electron chi connectivity index (χ4n) is 2.24. The van der Waals surface area contributed by atoms with E-state index in [4.69, 9.17) is 6.42 Å². The molecule has 0 N–H and O–H groups in total. The molecular formula is C18H23NO. The van der Waals surface area contributed by atoms with Gasteiger partial charge in [-0.1, -0.05) is 38.8 Å². The average molecular weight is 269 g/mol. The molecule has 0 atom stereocenters. The van der Waals surface area contributed by atoms with Crippen molar-refractivity contribution in [1.82, 2.24) is 4.90 Å². The predicted molar refractivity (Wildman–Crippen MR) is 82.6 cm³/mol. The van der Waals surface area contributed by atoms with Crippen LogP contribution in [0.25, 0.3) is 0 Å². The summed E-state index contributed by atoms with van der Waals surface area (Å²) in [4.78, 5) is 14.3. The van der Waals surface area contributed by atoms with E-state index in [9.17, 15) is 4.79 Å². The van der Waals surface area contributed by atoms with Crippen molar-refractivity contribution in [3.05, 3.63) is 35.4 Å². The maximum Gasteiger partial charge on any atom is 0.254 e. The van der Waals surface area contributed by atoms with Gasteiger partial charge in [-0.25, -0.2) is 0 Å². The van der Waals surface area contributed by atoms with E-state index in [1.54, 1.807) is 4.90 Å². The number of carbonyl (C=O) groups is 1. The van der Waals surface area contributed by atoms with Gasteiger partial charge >= 0.3 is 0 Å². The summed E-state index contributed by atoms with van der Waals surface area (Å²) in [5.74, 6) is 3.30. The zero-order chi connectivity index (χ0) is 14.8. The second-order valence-electron chi connectivity index (χ2n) is 6.66. The largest absolute Gasteiger partial charge is 0.327 e. The van der Waals surface area contributed by atoms with Gasteiger partial charge < -0.3 is 4.90 Å². The summed E-state index contributed by atoms with van der Waals surface area (Å²) in [7, 11) is 0. The maximum atomic E-state index is 12.5. The first-order chi connectivity index (χ1) is 9.41. The van der Waals surface area contributed by atoms with Crippen LogP contribution in [0.2, 0.25) is 0 Å². The van der Waals surface area contributed by atoms with Gasteiger partial charge in [0.15, 0.2) is 0 Å². The summed E-state index contributed by atoms with van der Waals surface area (Å²) in [5.41, 5.74) is 2.07. The average Bonchev–Trinajstić information content (AvgIpc) is 3.20. The highest BCUT2D eigenvalue weighted by Crippen LogP contribution is 2.30. The van der Waals surface area contributed by atoms with Crippen LogP contribution in [0.3, 0.4) is 0 Å². The van der Waals surface area contributed by atoms with Crippen molar-refractivity contribution in [2.45, 2.75) is 39.0 Å². The first-order valence-electron chi connectivity index (χ1n) is 7.25. The molecule has 1 aromatic rings. The Morgan fingerprint density at radius 1 is 1.30 bits per heavy atom. The van der Waals surface area contributed by atoms with Gasteiger partial charge in [0.05, 0.1) is 6.54 Å². The van der Waals surface area contributed by atoms with Gasteiger partial charge in [-0.05, 0) is 41.9 Å². The first-order valence-corrected chi connectivity index (χ1v) is 7.25. The minimum absolute atomic E-state index is 0.0512. The van der Waals surface area contributed by atoms with Gasteiger partial charge in [0.1, 0.15) is 0 Å². The van der Waals surface area contributed by atoms with Crippen LogP contribution < -0.4 is 0 Å². The zero-order valence-electron chi connectivity index (χ0n) is 12.6. The summed E-state index contributed by atoms with van der Waals surface area (Å²) in [6, 6.07) is 7.91. The second-order valence-corrected chi connectivity index (χ2v) is 6.66. The topological polar surface area (TPSA) is 20.3 Å². The molecule has 2 nitrogen and oxygen atoms in total. The molecule has 0 aliphatic heterocycles. The van der Waals surface area contributed by atoms with Gasteiger partial charge in [0.25, 0.3) is 5.91 Å². The normalized spacial score (nSPS) is 14.7. The molecule has 0 radical (unpaired) electrons. The molecule has 2 rings (SSSR count). The lowest BCUT2D eigenvalue weighted by Gasteiger charge is -2.22. The third-order valence-corrected chi connectivity index (χ3v) is 3.74. The highest BCUT2D eigenvalue weighted by atomic mass is 16.2. The number of nitrogens with zero attached hydrogens (tertiary/aromatic N) is 1. The number of amides is 1. The van der Waals surface area contributed by atoms with E-state index in [2.05, 4.69) is 26.7 Å². The van der Waals surface area contributed by atoms with Crippen LogP contribution in [0.4, 0.5) is 0 Å². The van der Waals surface area contributed by atoms with Crippen LogP contribution in [0.5, 0.6) is 0 Å². The number of benzene rings is 1. The summed E-state index contributed by atoms with van der Waals surface area (Å²) >= 11 is 0. The van der Waals surface area contributed by atoms with Crippen molar-refractivity contribution in [1.29, 1.82) is 0 Å². The molecule has 1 fully saturated rings. The van der Waals surface area contributed by atoms with E-state index in [0.29, 0.717) is 12.5 Å². The van der Waals surface area contributed by atoms with Crippen molar-refractivity contribution in [2.24, 2.45) is 5.92 Å². The minimum atomic E-state index is 0.0512. The monoisotopic (exact) mass is 269 g/mol. The van der Waals surface area contributed by atoms with Crippen LogP contribution in [0, 0.1) is 18.3 Å². The Morgan fingerprint density at radius 3 is 2.35 bits per heavy atom. The molecule has 0 spiro atoms. The third kappa shape index (κ3) is 3.63. The SMILES string of the molecule is C#CCN(CC1CC1)C(=O)c1ccc(C(C)(C)C)cc1. The molecule has 2 heteroatoms. The zero-order valence-corrected chi connectivity index (χ0v) is 12.6. The van der Waals surface area contributed by atoms with E-state index in [1.165, 1.54) is 18.4 Å². The van der Waals surface area contributed by atoms with Crippen molar-refractivity contribution in [3.8, 4) is 12.3 Å². The lowest BCUT2D eigenvalue weighted by atomic mass is 9.86. The van der Waals surface area contributed by atoms with E-state index in [-0.39, 0.29) is 11.3 Å². The molecule has 106 valence electrons. The van der Waals surface area contributed by atoms with E-state index >= 15 is 0 Å². The lowest BCUT2D eigenvalue weighted by Crippen LogP contribution is -2.33. The Kier molecular flexibility index (Phi) is 4.18. The van der Waals surface area contributed by atoms with Crippen LogP contribution in [0.1, 0.15) is 49.5 Å². The smallest absolute Gasteiger partial charge is 0.254 e. The maximum absolute atomic E-state index is 12.5. The van der Waals surface area contributed by atoms with Gasteiger partial charge in [0, 0.05) is 12.1 Å². The standard InChI is InChI=1S/C18H23NO/c1-5-12-19(13-14-6-7-14)17(20)15-8-10-16(11-9-15)18(2,3)4/h1,8-11,14H,6-7,12-13H2,2-4H3. The van der Waals surface area contributed by atoms with Crippen molar-refractivity contribution in [3.63, 3.8) is 0 Å². The lowest BCUT2D eigenvalue weighted by molar-refractivity contribution is 0.0769. The number of hydrogen-bond donors (Lipinski definition) is 0. The van der Waals surface area contributed by atoms with Gasteiger partial charge in [-0.2, -0.15) is 0 Å². The van der Waals surface area contributed by atoms with Gasteiger partial charge in [-0.3, -0.25) is 4.79 Å². The van der Waals surface area contributed by atoms with Crippen LogP contribution in [0.15, 0.2) is 24.3 Å². The third-order valence-electron chi connectivity index (χ3n) is 3.74. The van der Waals surface area contributed by atoms with Crippen LogP contribution >= 0.6 is 0 Å². The summed E-state index contributed by atoms with van der Waals surface area (Å²) in [6.07, 6.45) is 7.82. The number of carbonyl (C=O) groups excluding carboxylic acids is 1. The summed E-state index contributed by atoms with van der Waals surface area (Å²) < 4.78 is 0. The van der Waals surface area contributed by atoms with Crippen LogP contribution in [-0.2, 0) is 5.41 Å². The number of terminal acetylenes is 1. The highest BCUT2D eigenvalue weighted by molar-refractivity contribution is 5.94. The molecule has 0 bridgehead atoms. The molecule has 20 heavy (non-hydrogen) atoms. The number of hydrogen-bond acceptors (Lipinski definition) is 1. The van der Waals surface area contributed by atoms with E-state index in [0.717, 1.165) is 12.1 Å². The Morgan fingerprint density at radius 2 is 1.90 bits per heavy atom. The van der Waals surface area contributed by atoms with Crippen LogP contribution in [-0.4, -0.2) is 23.9 Å². The van der Waals surface area contributed by atoms with E-state index in [1.807, 2.05) is 24.3 Å². The summed E-state index contributed by atoms with van der Waals surface area (Å²) in [5, 5.41) is 0. The van der Waals surface area contributed by atoms with Crippen molar-refractivity contribution >= 4 is 5.91 Å². The van der Waals surface area contributed by atoms with Crippen molar-refractivity contribution < 1.29 is 4.79 Å². The summed E-state index contributed by atoms with van der Waals surface area (Å²) in [6.45, 7) is 7.70. The molecule has 0 saturated heterocycles. The molecule has 0 heterocycles. The molecular weight excluding hydrogens is 246 g/mol. The molecule has 0 unspecified atom stereocenters. The second kappa shape index (κ2) is 5.71. The fraction of sp³-hybridized carbons (Fsp3) is 0.500. The Balaban J connectivity index is 2.12. The molecule has 0 aromatic heterocycles. The highest BCUT2D eigenvalue weighted by Gasteiger charge is 2.27. The van der Waals surface area contributed by atoms with Gasteiger partial charge in [0.2, 0.25) is 0 Å². The molecule has 1 aromatic carbocycles.